The van der Waals surface area contributed by atoms with Crippen LogP contribution in [-0.2, 0) is 6.42 Å². The zero-order valence-corrected chi connectivity index (χ0v) is 9.97. The minimum atomic E-state index is -0.0668. The van der Waals surface area contributed by atoms with Gasteiger partial charge in [0.2, 0.25) is 0 Å². The molecule has 0 aliphatic heterocycles. The Labute approximate surface area is 98.9 Å². The van der Waals surface area contributed by atoms with E-state index in [1.807, 2.05) is 0 Å². The van der Waals surface area contributed by atoms with Gasteiger partial charge in [-0.1, -0.05) is 11.6 Å². The van der Waals surface area contributed by atoms with Crippen LogP contribution in [0.25, 0.3) is 0 Å². The van der Waals surface area contributed by atoms with Gasteiger partial charge in [-0.05, 0) is 0 Å². The van der Waals surface area contributed by atoms with Crippen LogP contribution < -0.4 is 20.9 Å². The lowest BCUT2D eigenvalue weighted by Crippen LogP contribution is -2.07. The van der Waals surface area contributed by atoms with E-state index in [1.54, 1.807) is 0 Å². The Bertz CT molecular complexity index is 396. The molecule has 0 heterocycles. The van der Waals surface area contributed by atoms with Crippen LogP contribution in [0.15, 0.2) is 0 Å². The van der Waals surface area contributed by atoms with Gasteiger partial charge in [0.25, 0.3) is 0 Å². The SMILES string of the molecule is COc1c(N)c(OC)c(CCO)c(N)c1Cl. The van der Waals surface area contributed by atoms with Gasteiger partial charge < -0.3 is 26.0 Å². The number of halogens is 1. The zero-order chi connectivity index (χ0) is 12.3. The van der Waals surface area contributed by atoms with Crippen LogP contribution in [0.3, 0.4) is 0 Å². The predicted molar refractivity (Wildman–Crippen MR) is 64.2 cm³/mol. The van der Waals surface area contributed by atoms with Gasteiger partial charge >= 0.3 is 0 Å². The van der Waals surface area contributed by atoms with Gasteiger partial charge in [0.15, 0.2) is 11.5 Å². The number of benzene rings is 1. The van der Waals surface area contributed by atoms with Crippen LogP contribution in [0.4, 0.5) is 11.4 Å². The summed E-state index contributed by atoms with van der Waals surface area (Å²) in [5.74, 6) is 0.686. The monoisotopic (exact) mass is 246 g/mol. The molecule has 0 saturated carbocycles. The van der Waals surface area contributed by atoms with Crippen LogP contribution in [0.1, 0.15) is 5.56 Å². The summed E-state index contributed by atoms with van der Waals surface area (Å²) in [6.45, 7) is -0.0668. The predicted octanol–water partition coefficient (Wildman–Crippen LogP) is 1.06. The van der Waals surface area contributed by atoms with Crippen LogP contribution in [-0.4, -0.2) is 25.9 Å². The second-order valence-corrected chi connectivity index (χ2v) is 3.54. The summed E-state index contributed by atoms with van der Waals surface area (Å²) in [5.41, 5.74) is 12.9. The summed E-state index contributed by atoms with van der Waals surface area (Å²) in [5, 5.41) is 9.19. The van der Waals surface area contributed by atoms with E-state index >= 15 is 0 Å². The van der Waals surface area contributed by atoms with Crippen molar-refractivity contribution in [2.45, 2.75) is 6.42 Å². The Morgan fingerprint density at radius 1 is 1.12 bits per heavy atom. The first-order chi connectivity index (χ1) is 7.58. The second-order valence-electron chi connectivity index (χ2n) is 3.16. The number of ether oxygens (including phenoxy) is 2. The number of nitrogens with two attached hydrogens (primary N) is 2. The van der Waals surface area contributed by atoms with E-state index in [2.05, 4.69) is 0 Å². The number of aliphatic hydroxyl groups excluding tert-OH is 1. The topological polar surface area (TPSA) is 90.7 Å². The Morgan fingerprint density at radius 2 is 1.69 bits per heavy atom. The van der Waals surface area contributed by atoms with E-state index < -0.39 is 0 Å². The van der Waals surface area contributed by atoms with Gasteiger partial charge in [0.05, 0.1) is 19.9 Å². The van der Waals surface area contributed by atoms with E-state index in [4.69, 9.17) is 37.6 Å². The molecule has 0 saturated heterocycles. The van der Waals surface area contributed by atoms with Gasteiger partial charge in [-0.3, -0.25) is 0 Å². The third-order valence-corrected chi connectivity index (χ3v) is 2.67. The largest absolute Gasteiger partial charge is 0.494 e. The molecular formula is C10H15ClN2O3. The highest BCUT2D eigenvalue weighted by molar-refractivity contribution is 6.35. The normalized spacial score (nSPS) is 10.2. The van der Waals surface area contributed by atoms with Crippen molar-refractivity contribution in [3.05, 3.63) is 10.6 Å². The van der Waals surface area contributed by atoms with E-state index in [0.29, 0.717) is 23.4 Å². The standard InChI is InChI=1S/C10H15ClN2O3/c1-15-9-5(3-4-14)7(12)6(11)10(16-2)8(9)13/h14H,3-4,12-13H2,1-2H3. The van der Waals surface area contributed by atoms with Crippen molar-refractivity contribution >= 4 is 23.0 Å². The lowest BCUT2D eigenvalue weighted by Gasteiger charge is -2.18. The van der Waals surface area contributed by atoms with E-state index in [0.717, 1.165) is 0 Å². The highest BCUT2D eigenvalue weighted by Gasteiger charge is 2.20. The number of hydrogen-bond donors (Lipinski definition) is 3. The molecule has 1 aromatic carbocycles. The molecule has 5 nitrogen and oxygen atoms in total. The maximum absolute atomic E-state index is 8.95. The molecule has 1 aromatic rings. The number of methoxy groups -OCH3 is 2. The average Bonchev–Trinajstić information content (AvgIpc) is 2.27. The summed E-state index contributed by atoms with van der Waals surface area (Å²) in [6, 6.07) is 0. The molecule has 5 N–H and O–H groups in total. The minimum Gasteiger partial charge on any atom is -0.494 e. The van der Waals surface area contributed by atoms with E-state index in [-0.39, 0.29) is 23.1 Å². The maximum Gasteiger partial charge on any atom is 0.166 e. The van der Waals surface area contributed by atoms with Crippen molar-refractivity contribution in [3.8, 4) is 11.5 Å². The minimum absolute atomic E-state index is 0.0668. The highest BCUT2D eigenvalue weighted by Crippen LogP contribution is 2.45. The second kappa shape index (κ2) is 5.14. The van der Waals surface area contributed by atoms with E-state index in [1.165, 1.54) is 14.2 Å². The molecule has 90 valence electrons. The van der Waals surface area contributed by atoms with Crippen molar-refractivity contribution in [2.75, 3.05) is 32.3 Å². The van der Waals surface area contributed by atoms with Gasteiger partial charge in [0, 0.05) is 18.6 Å². The molecule has 0 spiro atoms. The highest BCUT2D eigenvalue weighted by atomic mass is 35.5. The number of nitrogen functional groups attached to an aromatic ring is 2. The molecule has 0 aliphatic rings. The molecule has 0 atom stereocenters. The summed E-state index contributed by atoms with van der Waals surface area (Å²) in [6.07, 6.45) is 0.322. The Balaban J connectivity index is 3.49. The molecule has 6 heteroatoms. The fraction of sp³-hybridized carbons (Fsp3) is 0.400. The first-order valence-electron chi connectivity index (χ1n) is 4.66. The molecule has 0 fully saturated rings. The summed E-state index contributed by atoms with van der Waals surface area (Å²) in [7, 11) is 2.92. The Morgan fingerprint density at radius 3 is 2.12 bits per heavy atom. The van der Waals surface area contributed by atoms with E-state index in [9.17, 15) is 0 Å². The van der Waals surface area contributed by atoms with Gasteiger partial charge in [-0.15, -0.1) is 0 Å². The number of hydrogen-bond acceptors (Lipinski definition) is 5. The van der Waals surface area contributed by atoms with Crippen molar-refractivity contribution in [3.63, 3.8) is 0 Å². The molecule has 0 amide bonds. The first kappa shape index (κ1) is 12.7. The third kappa shape index (κ3) is 1.96. The van der Waals surface area contributed by atoms with Crippen LogP contribution in [0, 0.1) is 0 Å². The third-order valence-electron chi connectivity index (χ3n) is 2.29. The van der Waals surface area contributed by atoms with Crippen molar-refractivity contribution in [2.24, 2.45) is 0 Å². The molecule has 16 heavy (non-hydrogen) atoms. The zero-order valence-electron chi connectivity index (χ0n) is 9.21. The summed E-state index contributed by atoms with van der Waals surface area (Å²) >= 11 is 6.00. The number of anilines is 2. The molecular weight excluding hydrogens is 232 g/mol. The molecule has 0 unspecified atom stereocenters. The van der Waals surface area contributed by atoms with Crippen LogP contribution in [0.5, 0.6) is 11.5 Å². The van der Waals surface area contributed by atoms with Crippen LogP contribution in [0.2, 0.25) is 5.02 Å². The Kier molecular flexibility index (Phi) is 4.09. The van der Waals surface area contributed by atoms with Crippen molar-refractivity contribution < 1.29 is 14.6 Å². The fourth-order valence-electron chi connectivity index (χ4n) is 1.55. The smallest absolute Gasteiger partial charge is 0.166 e. The number of rotatable bonds is 4. The summed E-state index contributed by atoms with van der Waals surface area (Å²) in [4.78, 5) is 0. The molecule has 0 radical (unpaired) electrons. The van der Waals surface area contributed by atoms with Gasteiger partial charge in [0.1, 0.15) is 10.7 Å². The molecule has 0 bridgehead atoms. The quantitative estimate of drug-likeness (QED) is 0.691. The molecule has 0 aromatic heterocycles. The Hall–Kier alpha value is -1.33. The van der Waals surface area contributed by atoms with Crippen molar-refractivity contribution in [1.82, 2.24) is 0 Å². The van der Waals surface area contributed by atoms with Gasteiger partial charge in [-0.2, -0.15) is 0 Å². The average molecular weight is 247 g/mol. The molecule has 1 rings (SSSR count). The summed E-state index contributed by atoms with van der Waals surface area (Å²) < 4.78 is 10.2. The van der Waals surface area contributed by atoms with Crippen molar-refractivity contribution in [1.29, 1.82) is 0 Å². The molecule has 0 aliphatic carbocycles. The fourth-order valence-corrected chi connectivity index (χ4v) is 1.85. The lowest BCUT2D eigenvalue weighted by atomic mass is 10.1. The first-order valence-corrected chi connectivity index (χ1v) is 5.04. The van der Waals surface area contributed by atoms with Gasteiger partial charge in [-0.25, -0.2) is 0 Å². The number of aliphatic hydroxyl groups is 1. The maximum atomic E-state index is 8.95. The van der Waals surface area contributed by atoms with Crippen LogP contribution >= 0.6 is 11.6 Å². The lowest BCUT2D eigenvalue weighted by molar-refractivity contribution is 0.297.